The minimum atomic E-state index is -0.430. The third-order valence-electron chi connectivity index (χ3n) is 4.14. The normalized spacial score (nSPS) is 12.2. The summed E-state index contributed by atoms with van der Waals surface area (Å²) in [7, 11) is 0. The van der Waals surface area contributed by atoms with Crippen LogP contribution in [0.3, 0.4) is 0 Å². The lowest BCUT2D eigenvalue weighted by Gasteiger charge is -2.13. The van der Waals surface area contributed by atoms with E-state index in [0.29, 0.717) is 12.2 Å². The Bertz CT molecular complexity index is 801. The van der Waals surface area contributed by atoms with Crippen molar-refractivity contribution in [2.75, 3.05) is 12.3 Å². The van der Waals surface area contributed by atoms with Gasteiger partial charge in [-0.3, -0.25) is 9.59 Å². The van der Waals surface area contributed by atoms with Crippen molar-refractivity contribution < 1.29 is 14.3 Å². The lowest BCUT2D eigenvalue weighted by atomic mass is 10.1. The summed E-state index contributed by atoms with van der Waals surface area (Å²) in [4.78, 5) is 32.1. The van der Waals surface area contributed by atoms with Gasteiger partial charge in [-0.2, -0.15) is 9.50 Å². The molecule has 0 radical (unpaired) electrons. The standard InChI is InChI=1S/C17H26N6O3/c1-5-6-10(2)19-14(24)9-26-15(25)8-7-13-11(3)20-17-21-16(18)22-23(17)12(13)4/h10H,5-9H2,1-4H3,(H2,18,22)(H,19,24)/t10-/m1/s1. The predicted molar refractivity (Wildman–Crippen MR) is 96.5 cm³/mol. The Morgan fingerprint density at radius 3 is 2.73 bits per heavy atom. The Kier molecular flexibility index (Phi) is 6.48. The van der Waals surface area contributed by atoms with Gasteiger partial charge in [0.15, 0.2) is 6.61 Å². The number of fused-ring (bicyclic) bond motifs is 1. The number of anilines is 1. The number of hydrogen-bond acceptors (Lipinski definition) is 7. The number of amides is 1. The Labute approximate surface area is 152 Å². The van der Waals surface area contributed by atoms with Crippen molar-refractivity contribution in [3.8, 4) is 0 Å². The van der Waals surface area contributed by atoms with E-state index >= 15 is 0 Å². The zero-order valence-electron chi connectivity index (χ0n) is 15.7. The van der Waals surface area contributed by atoms with Gasteiger partial charge in [0.2, 0.25) is 5.95 Å². The van der Waals surface area contributed by atoms with E-state index in [1.54, 1.807) is 4.52 Å². The van der Waals surface area contributed by atoms with Crippen molar-refractivity contribution in [1.82, 2.24) is 24.9 Å². The van der Waals surface area contributed by atoms with Crippen LogP contribution >= 0.6 is 0 Å². The summed E-state index contributed by atoms with van der Waals surface area (Å²) in [5.41, 5.74) is 8.09. The second-order valence-electron chi connectivity index (χ2n) is 6.36. The number of rotatable bonds is 8. The minimum absolute atomic E-state index is 0.0735. The van der Waals surface area contributed by atoms with Crippen LogP contribution < -0.4 is 11.1 Å². The molecule has 2 aromatic heterocycles. The smallest absolute Gasteiger partial charge is 0.306 e. The molecule has 0 unspecified atom stereocenters. The third kappa shape index (κ3) is 4.90. The lowest BCUT2D eigenvalue weighted by molar-refractivity contribution is -0.148. The Hall–Kier alpha value is -2.71. The Balaban J connectivity index is 1.89. The molecule has 0 fully saturated rings. The fourth-order valence-corrected chi connectivity index (χ4v) is 2.85. The number of carbonyl (C=O) groups excluding carboxylic acids is 2. The SMILES string of the molecule is CCC[C@@H](C)NC(=O)COC(=O)CCc1c(C)nc2nc(N)nn2c1C. The van der Waals surface area contributed by atoms with Gasteiger partial charge in [-0.25, -0.2) is 4.98 Å². The predicted octanol–water partition coefficient (Wildman–Crippen LogP) is 1.10. The lowest BCUT2D eigenvalue weighted by Crippen LogP contribution is -2.35. The molecule has 0 spiro atoms. The number of carbonyl (C=O) groups is 2. The monoisotopic (exact) mass is 362 g/mol. The van der Waals surface area contributed by atoms with Gasteiger partial charge in [-0.15, -0.1) is 5.10 Å². The van der Waals surface area contributed by atoms with E-state index in [1.807, 2.05) is 27.7 Å². The van der Waals surface area contributed by atoms with E-state index in [0.717, 1.165) is 29.8 Å². The number of ether oxygens (including phenoxy) is 1. The van der Waals surface area contributed by atoms with Crippen LogP contribution in [0.5, 0.6) is 0 Å². The average Bonchev–Trinajstić information content (AvgIpc) is 2.93. The maximum Gasteiger partial charge on any atom is 0.306 e. The van der Waals surface area contributed by atoms with Gasteiger partial charge in [-0.1, -0.05) is 13.3 Å². The van der Waals surface area contributed by atoms with Crippen LogP contribution in [0.1, 0.15) is 50.1 Å². The van der Waals surface area contributed by atoms with Crippen molar-refractivity contribution in [3.63, 3.8) is 0 Å². The molecule has 0 bridgehead atoms. The molecule has 9 nitrogen and oxygen atoms in total. The number of esters is 1. The van der Waals surface area contributed by atoms with Crippen LogP contribution in [0, 0.1) is 13.8 Å². The molecule has 0 aliphatic rings. The first-order chi connectivity index (χ1) is 12.3. The molecule has 142 valence electrons. The molecule has 2 aromatic rings. The number of nitrogens with zero attached hydrogens (tertiary/aromatic N) is 4. The van der Waals surface area contributed by atoms with Crippen molar-refractivity contribution in [1.29, 1.82) is 0 Å². The zero-order chi connectivity index (χ0) is 19.3. The highest BCUT2D eigenvalue weighted by Crippen LogP contribution is 2.16. The highest BCUT2D eigenvalue weighted by Gasteiger charge is 2.15. The zero-order valence-corrected chi connectivity index (χ0v) is 15.7. The topological polar surface area (TPSA) is 124 Å². The quantitative estimate of drug-likeness (QED) is 0.674. The van der Waals surface area contributed by atoms with E-state index in [4.69, 9.17) is 10.5 Å². The molecule has 0 aliphatic heterocycles. The molecule has 0 saturated heterocycles. The summed E-state index contributed by atoms with van der Waals surface area (Å²) in [5.74, 6) is -0.130. The number of nitrogens with one attached hydrogen (secondary N) is 1. The van der Waals surface area contributed by atoms with Gasteiger partial charge in [0.1, 0.15) is 0 Å². The van der Waals surface area contributed by atoms with E-state index < -0.39 is 5.97 Å². The summed E-state index contributed by atoms with van der Waals surface area (Å²) in [6.07, 6.45) is 2.46. The molecular weight excluding hydrogens is 336 g/mol. The molecule has 2 heterocycles. The first-order valence-corrected chi connectivity index (χ1v) is 8.75. The highest BCUT2D eigenvalue weighted by molar-refractivity contribution is 5.80. The fraction of sp³-hybridized carbons (Fsp3) is 0.588. The van der Waals surface area contributed by atoms with Crippen molar-refractivity contribution in [3.05, 3.63) is 17.0 Å². The van der Waals surface area contributed by atoms with E-state index in [1.165, 1.54) is 0 Å². The summed E-state index contributed by atoms with van der Waals surface area (Å²) in [5, 5.41) is 6.89. The third-order valence-corrected chi connectivity index (χ3v) is 4.14. The van der Waals surface area contributed by atoms with Crippen LogP contribution in [-0.4, -0.2) is 44.1 Å². The first kappa shape index (κ1) is 19.6. The summed E-state index contributed by atoms with van der Waals surface area (Å²) >= 11 is 0. The average molecular weight is 362 g/mol. The van der Waals surface area contributed by atoms with Crippen LogP contribution in [0.2, 0.25) is 0 Å². The molecule has 1 atom stereocenters. The largest absolute Gasteiger partial charge is 0.456 e. The van der Waals surface area contributed by atoms with Crippen LogP contribution in [0.4, 0.5) is 5.95 Å². The summed E-state index contributed by atoms with van der Waals surface area (Å²) in [6, 6.07) is 0.0735. The van der Waals surface area contributed by atoms with Gasteiger partial charge in [0.05, 0.1) is 0 Å². The molecule has 3 N–H and O–H groups in total. The summed E-state index contributed by atoms with van der Waals surface area (Å²) < 4.78 is 6.61. The maximum absolute atomic E-state index is 11.9. The van der Waals surface area contributed by atoms with Crippen LogP contribution in [0.15, 0.2) is 0 Å². The molecule has 0 aromatic carbocycles. The van der Waals surface area contributed by atoms with E-state index in [-0.39, 0.29) is 30.9 Å². The number of nitrogen functional groups attached to an aromatic ring is 1. The van der Waals surface area contributed by atoms with Crippen LogP contribution in [0.25, 0.3) is 5.78 Å². The van der Waals surface area contributed by atoms with E-state index in [2.05, 4.69) is 20.4 Å². The minimum Gasteiger partial charge on any atom is -0.456 e. The first-order valence-electron chi connectivity index (χ1n) is 8.75. The Morgan fingerprint density at radius 2 is 2.04 bits per heavy atom. The molecule has 9 heteroatoms. The fourth-order valence-electron chi connectivity index (χ4n) is 2.85. The second-order valence-corrected chi connectivity index (χ2v) is 6.36. The molecule has 0 saturated carbocycles. The Morgan fingerprint density at radius 1 is 1.31 bits per heavy atom. The van der Waals surface area contributed by atoms with E-state index in [9.17, 15) is 9.59 Å². The van der Waals surface area contributed by atoms with Gasteiger partial charge >= 0.3 is 5.97 Å². The van der Waals surface area contributed by atoms with Crippen molar-refractivity contribution in [2.45, 2.75) is 59.4 Å². The molecule has 2 rings (SSSR count). The van der Waals surface area contributed by atoms with Gasteiger partial charge in [0, 0.05) is 23.9 Å². The van der Waals surface area contributed by atoms with Gasteiger partial charge < -0.3 is 15.8 Å². The maximum atomic E-state index is 11.9. The van der Waals surface area contributed by atoms with Gasteiger partial charge in [0.25, 0.3) is 11.7 Å². The number of aromatic nitrogens is 4. The number of nitrogens with two attached hydrogens (primary N) is 1. The number of aryl methyl sites for hydroxylation is 2. The molecule has 0 aliphatic carbocycles. The molecular formula is C17H26N6O3. The van der Waals surface area contributed by atoms with Crippen molar-refractivity contribution in [2.24, 2.45) is 0 Å². The second kappa shape index (κ2) is 8.59. The molecule has 1 amide bonds. The number of hydrogen-bond donors (Lipinski definition) is 2. The highest BCUT2D eigenvalue weighted by atomic mass is 16.5. The van der Waals surface area contributed by atoms with Crippen molar-refractivity contribution >= 4 is 23.6 Å². The van der Waals surface area contributed by atoms with Crippen LogP contribution in [-0.2, 0) is 20.7 Å². The molecule has 26 heavy (non-hydrogen) atoms. The summed E-state index contributed by atoms with van der Waals surface area (Å²) in [6.45, 7) is 7.43. The van der Waals surface area contributed by atoms with Gasteiger partial charge in [-0.05, 0) is 39.2 Å².